The molecule has 0 radical (unpaired) electrons. The highest BCUT2D eigenvalue weighted by molar-refractivity contribution is 7.99. The summed E-state index contributed by atoms with van der Waals surface area (Å²) in [6.07, 6.45) is 1.69. The zero-order chi connectivity index (χ0) is 24.0. The van der Waals surface area contributed by atoms with Gasteiger partial charge in [-0.25, -0.2) is 0 Å². The van der Waals surface area contributed by atoms with E-state index in [2.05, 4.69) is 27.4 Å². The summed E-state index contributed by atoms with van der Waals surface area (Å²) in [5.74, 6) is 0.101. The lowest BCUT2D eigenvalue weighted by atomic mass is 10.2. The number of hydrogen-bond acceptors (Lipinski definition) is 5. The zero-order valence-electron chi connectivity index (χ0n) is 17.5. The molecule has 0 aliphatic carbocycles. The Labute approximate surface area is 210 Å². The van der Waals surface area contributed by atoms with Crippen molar-refractivity contribution in [1.82, 2.24) is 20.1 Å². The highest BCUT2D eigenvalue weighted by Gasteiger charge is 2.20. The Morgan fingerprint density at radius 1 is 1.12 bits per heavy atom. The molecule has 7 nitrogen and oxygen atoms in total. The third-order valence-electron chi connectivity index (χ3n) is 4.44. The van der Waals surface area contributed by atoms with Crippen LogP contribution in [0.3, 0.4) is 0 Å². The van der Waals surface area contributed by atoms with Crippen LogP contribution in [0.25, 0.3) is 0 Å². The van der Waals surface area contributed by atoms with E-state index in [4.69, 9.17) is 34.8 Å². The molecule has 1 atom stereocenters. The molecule has 0 bridgehead atoms. The number of amides is 2. The van der Waals surface area contributed by atoms with E-state index in [9.17, 15) is 9.59 Å². The fourth-order valence-electron chi connectivity index (χ4n) is 2.88. The van der Waals surface area contributed by atoms with Gasteiger partial charge in [-0.1, -0.05) is 52.6 Å². The number of nitrogens with zero attached hydrogens (tertiary/aromatic N) is 3. The van der Waals surface area contributed by atoms with Crippen LogP contribution in [0, 0.1) is 0 Å². The number of allylic oxidation sites excluding steroid dienone is 1. The van der Waals surface area contributed by atoms with Gasteiger partial charge in [0, 0.05) is 22.2 Å². The van der Waals surface area contributed by atoms with E-state index in [1.54, 1.807) is 60.0 Å². The largest absolute Gasteiger partial charge is 0.342 e. The maximum atomic E-state index is 12.5. The lowest BCUT2D eigenvalue weighted by Crippen LogP contribution is -2.28. The fraction of sp³-hybridized carbons (Fsp3) is 0.182. The van der Waals surface area contributed by atoms with Gasteiger partial charge in [0.05, 0.1) is 22.5 Å². The number of aromatic nitrogens is 3. The van der Waals surface area contributed by atoms with Crippen molar-refractivity contribution in [3.8, 4) is 0 Å². The van der Waals surface area contributed by atoms with Gasteiger partial charge in [-0.05, 0) is 49.4 Å². The third-order valence-corrected chi connectivity index (χ3v) is 6.20. The van der Waals surface area contributed by atoms with Gasteiger partial charge in [-0.3, -0.25) is 9.59 Å². The molecule has 0 fully saturated rings. The summed E-state index contributed by atoms with van der Waals surface area (Å²) >= 11 is 19.1. The SMILES string of the molecule is C=CCn1c(SCC(=O)Nc2ccc(Cl)cc2Cl)nnc1[C@H](C)NC(=O)c1ccc(Cl)cc1. The number of benzene rings is 2. The Kier molecular flexibility index (Phi) is 8.80. The first kappa shape index (κ1) is 25.1. The highest BCUT2D eigenvalue weighted by atomic mass is 35.5. The van der Waals surface area contributed by atoms with Gasteiger partial charge in [0.25, 0.3) is 5.91 Å². The number of halogens is 3. The maximum Gasteiger partial charge on any atom is 0.251 e. The molecule has 0 saturated heterocycles. The monoisotopic (exact) mass is 523 g/mol. The number of thioether (sulfide) groups is 1. The molecule has 0 saturated carbocycles. The van der Waals surface area contributed by atoms with Crippen molar-refractivity contribution in [3.05, 3.63) is 81.6 Å². The molecule has 3 aromatic rings. The summed E-state index contributed by atoms with van der Waals surface area (Å²) in [4.78, 5) is 24.9. The van der Waals surface area contributed by atoms with Crippen molar-refractivity contribution in [2.24, 2.45) is 0 Å². The van der Waals surface area contributed by atoms with Crippen molar-refractivity contribution in [2.75, 3.05) is 11.1 Å². The second kappa shape index (κ2) is 11.6. The Morgan fingerprint density at radius 3 is 2.48 bits per heavy atom. The van der Waals surface area contributed by atoms with Gasteiger partial charge in [-0.15, -0.1) is 16.8 Å². The van der Waals surface area contributed by atoms with Crippen LogP contribution < -0.4 is 10.6 Å². The highest BCUT2D eigenvalue weighted by Crippen LogP contribution is 2.26. The quantitative estimate of drug-likeness (QED) is 0.279. The first-order chi connectivity index (χ1) is 15.8. The van der Waals surface area contributed by atoms with E-state index >= 15 is 0 Å². The fourth-order valence-corrected chi connectivity index (χ4v) is 4.22. The van der Waals surface area contributed by atoms with Gasteiger partial charge in [-0.2, -0.15) is 0 Å². The molecule has 1 aromatic heterocycles. The molecule has 0 spiro atoms. The van der Waals surface area contributed by atoms with Gasteiger partial charge in [0.2, 0.25) is 5.91 Å². The number of carbonyl (C=O) groups is 2. The first-order valence-electron chi connectivity index (χ1n) is 9.76. The van der Waals surface area contributed by atoms with Crippen LogP contribution in [0.2, 0.25) is 15.1 Å². The number of hydrogen-bond donors (Lipinski definition) is 2. The predicted molar refractivity (Wildman–Crippen MR) is 133 cm³/mol. The van der Waals surface area contributed by atoms with E-state index in [0.717, 1.165) is 0 Å². The van der Waals surface area contributed by atoms with Crippen molar-refractivity contribution in [3.63, 3.8) is 0 Å². The standard InChI is InChI=1S/C22H20Cl3N5O2S/c1-3-10-30-20(13(2)26-21(32)14-4-6-15(23)7-5-14)28-29-22(30)33-12-19(31)27-18-9-8-16(24)11-17(18)25/h3-9,11,13H,1,10,12H2,2H3,(H,26,32)(H,27,31)/t13-/m0/s1. The number of carbonyl (C=O) groups excluding carboxylic acids is 2. The van der Waals surface area contributed by atoms with E-state index in [1.807, 2.05) is 0 Å². The first-order valence-corrected chi connectivity index (χ1v) is 11.9. The zero-order valence-corrected chi connectivity index (χ0v) is 20.6. The normalized spacial score (nSPS) is 11.6. The van der Waals surface area contributed by atoms with Crippen LogP contribution in [0.5, 0.6) is 0 Å². The molecule has 2 amide bonds. The smallest absolute Gasteiger partial charge is 0.251 e. The van der Waals surface area contributed by atoms with Crippen LogP contribution in [0.1, 0.15) is 29.1 Å². The van der Waals surface area contributed by atoms with Crippen LogP contribution >= 0.6 is 46.6 Å². The Hall–Kier alpha value is -2.52. The number of nitrogens with one attached hydrogen (secondary N) is 2. The van der Waals surface area contributed by atoms with Crippen molar-refractivity contribution >= 4 is 64.1 Å². The minimum absolute atomic E-state index is 0.0831. The molecule has 33 heavy (non-hydrogen) atoms. The van der Waals surface area contributed by atoms with Crippen LogP contribution in [-0.4, -0.2) is 32.3 Å². The average Bonchev–Trinajstić information content (AvgIpc) is 3.17. The van der Waals surface area contributed by atoms with Gasteiger partial charge < -0.3 is 15.2 Å². The molecular formula is C22H20Cl3N5O2S. The van der Waals surface area contributed by atoms with Gasteiger partial charge in [0.1, 0.15) is 0 Å². The van der Waals surface area contributed by atoms with E-state index < -0.39 is 6.04 Å². The average molecular weight is 525 g/mol. The third kappa shape index (κ3) is 6.74. The van der Waals surface area contributed by atoms with Gasteiger partial charge in [0.15, 0.2) is 11.0 Å². The summed E-state index contributed by atoms with van der Waals surface area (Å²) in [7, 11) is 0. The Balaban J connectivity index is 1.66. The molecule has 2 aromatic carbocycles. The number of rotatable bonds is 9. The summed E-state index contributed by atoms with van der Waals surface area (Å²) in [5, 5.41) is 16.0. The maximum absolute atomic E-state index is 12.5. The van der Waals surface area contributed by atoms with E-state index in [-0.39, 0.29) is 17.6 Å². The lowest BCUT2D eigenvalue weighted by Gasteiger charge is -2.15. The second-order valence-corrected chi connectivity index (χ2v) is 9.13. The lowest BCUT2D eigenvalue weighted by molar-refractivity contribution is -0.113. The van der Waals surface area contributed by atoms with Crippen LogP contribution in [0.4, 0.5) is 5.69 Å². The summed E-state index contributed by atoms with van der Waals surface area (Å²) < 4.78 is 1.80. The predicted octanol–water partition coefficient (Wildman–Crippen LogP) is 5.65. The van der Waals surface area contributed by atoms with Crippen molar-refractivity contribution in [1.29, 1.82) is 0 Å². The topological polar surface area (TPSA) is 88.9 Å². The minimum atomic E-state index is -0.434. The molecule has 0 aliphatic rings. The Bertz CT molecular complexity index is 1170. The Morgan fingerprint density at radius 2 is 1.82 bits per heavy atom. The molecule has 1 heterocycles. The summed E-state index contributed by atoms with van der Waals surface area (Å²) in [6, 6.07) is 11.0. The molecule has 0 aliphatic heterocycles. The van der Waals surface area contributed by atoms with Crippen molar-refractivity contribution in [2.45, 2.75) is 24.7 Å². The van der Waals surface area contributed by atoms with Crippen LogP contribution in [-0.2, 0) is 11.3 Å². The molecule has 2 N–H and O–H groups in total. The molecule has 3 rings (SSSR count). The molecular weight excluding hydrogens is 505 g/mol. The number of anilines is 1. The second-order valence-electron chi connectivity index (χ2n) is 6.90. The van der Waals surface area contributed by atoms with Crippen LogP contribution in [0.15, 0.2) is 60.3 Å². The molecule has 172 valence electrons. The van der Waals surface area contributed by atoms with Gasteiger partial charge >= 0.3 is 0 Å². The molecule has 11 heteroatoms. The van der Waals surface area contributed by atoms with E-state index in [1.165, 1.54) is 11.8 Å². The summed E-state index contributed by atoms with van der Waals surface area (Å²) in [5.41, 5.74) is 0.951. The van der Waals surface area contributed by atoms with Crippen molar-refractivity contribution < 1.29 is 9.59 Å². The minimum Gasteiger partial charge on any atom is -0.342 e. The molecule has 0 unspecified atom stereocenters. The summed E-state index contributed by atoms with van der Waals surface area (Å²) in [6.45, 7) is 5.99. The van der Waals surface area contributed by atoms with E-state index in [0.29, 0.717) is 43.8 Å².